The molecule has 0 spiro atoms. The lowest BCUT2D eigenvalue weighted by atomic mass is 10.1. The van der Waals surface area contributed by atoms with Gasteiger partial charge in [0, 0.05) is 12.3 Å². The first-order valence-electron chi connectivity index (χ1n) is 9.87. The molecule has 1 aromatic heterocycles. The molecule has 2 rings (SSSR count). The summed E-state index contributed by atoms with van der Waals surface area (Å²) in [6, 6.07) is 9.57. The SMILES string of the molecule is CCCCCc1c(O)nc(SCCN(CC)CC)n(-c2ccccc2)c1=O.Cl. The Morgan fingerprint density at radius 1 is 1.11 bits per heavy atom. The van der Waals surface area contributed by atoms with Crippen LogP contribution in [0.15, 0.2) is 40.3 Å². The van der Waals surface area contributed by atoms with E-state index in [-0.39, 0.29) is 23.8 Å². The van der Waals surface area contributed by atoms with Crippen molar-refractivity contribution in [1.82, 2.24) is 14.5 Å². The molecule has 5 nitrogen and oxygen atoms in total. The Morgan fingerprint density at radius 2 is 1.79 bits per heavy atom. The number of unbranched alkanes of at least 4 members (excludes halogenated alkanes) is 2. The summed E-state index contributed by atoms with van der Waals surface area (Å²) in [5.41, 5.74) is 1.05. The Labute approximate surface area is 178 Å². The van der Waals surface area contributed by atoms with Crippen molar-refractivity contribution < 1.29 is 5.11 Å². The number of rotatable bonds is 11. The van der Waals surface area contributed by atoms with E-state index in [1.54, 1.807) is 4.57 Å². The second kappa shape index (κ2) is 12.9. The van der Waals surface area contributed by atoms with Crippen molar-refractivity contribution in [2.45, 2.75) is 51.6 Å². The van der Waals surface area contributed by atoms with Gasteiger partial charge in [0.05, 0.1) is 11.3 Å². The van der Waals surface area contributed by atoms with E-state index in [0.29, 0.717) is 17.1 Å². The fourth-order valence-corrected chi connectivity index (χ4v) is 4.00. The second-order valence-electron chi connectivity index (χ2n) is 6.51. The Bertz CT molecular complexity index is 764. The van der Waals surface area contributed by atoms with Crippen molar-refractivity contribution >= 4 is 24.2 Å². The third kappa shape index (κ3) is 6.54. The summed E-state index contributed by atoms with van der Waals surface area (Å²) < 4.78 is 1.65. The molecule has 2 aromatic rings. The average Bonchev–Trinajstić information content (AvgIpc) is 2.68. The fraction of sp³-hybridized carbons (Fsp3) is 0.524. The second-order valence-corrected chi connectivity index (χ2v) is 7.57. The van der Waals surface area contributed by atoms with E-state index in [4.69, 9.17) is 0 Å². The number of aromatic nitrogens is 2. The average molecular weight is 426 g/mol. The van der Waals surface area contributed by atoms with Crippen molar-refractivity contribution in [2.75, 3.05) is 25.4 Å². The molecule has 1 aromatic carbocycles. The van der Waals surface area contributed by atoms with Gasteiger partial charge in [0.15, 0.2) is 5.16 Å². The first-order chi connectivity index (χ1) is 13.1. The molecular weight excluding hydrogens is 394 g/mol. The van der Waals surface area contributed by atoms with Crippen LogP contribution in [0.1, 0.15) is 45.6 Å². The Hall–Kier alpha value is -1.50. The monoisotopic (exact) mass is 425 g/mol. The van der Waals surface area contributed by atoms with Crippen molar-refractivity contribution in [2.24, 2.45) is 0 Å². The summed E-state index contributed by atoms with van der Waals surface area (Å²) in [6.45, 7) is 9.32. The molecule has 7 heteroatoms. The molecule has 28 heavy (non-hydrogen) atoms. The summed E-state index contributed by atoms with van der Waals surface area (Å²) in [5.74, 6) is 0.698. The van der Waals surface area contributed by atoms with E-state index in [9.17, 15) is 9.90 Å². The van der Waals surface area contributed by atoms with Crippen LogP contribution in [0.5, 0.6) is 5.88 Å². The maximum atomic E-state index is 13.2. The zero-order chi connectivity index (χ0) is 19.6. The fourth-order valence-electron chi connectivity index (χ4n) is 3.00. The smallest absolute Gasteiger partial charge is 0.265 e. The summed E-state index contributed by atoms with van der Waals surface area (Å²) in [7, 11) is 0. The van der Waals surface area contributed by atoms with E-state index in [2.05, 4.69) is 30.7 Å². The van der Waals surface area contributed by atoms with Crippen LogP contribution in [0.25, 0.3) is 5.69 Å². The zero-order valence-electron chi connectivity index (χ0n) is 17.1. The molecule has 0 bridgehead atoms. The molecule has 0 amide bonds. The van der Waals surface area contributed by atoms with Gasteiger partial charge in [0.25, 0.3) is 5.56 Å². The number of para-hydroxylation sites is 1. The van der Waals surface area contributed by atoms with Crippen molar-refractivity contribution in [3.05, 3.63) is 46.2 Å². The lowest BCUT2D eigenvalue weighted by molar-refractivity contribution is 0.323. The molecular formula is C21H32ClN3O2S. The van der Waals surface area contributed by atoms with Gasteiger partial charge in [-0.05, 0) is 38.1 Å². The minimum Gasteiger partial charge on any atom is -0.493 e. The molecule has 1 N–H and O–H groups in total. The highest BCUT2D eigenvalue weighted by Crippen LogP contribution is 2.23. The first kappa shape index (κ1) is 24.5. The van der Waals surface area contributed by atoms with Gasteiger partial charge in [-0.1, -0.05) is 63.6 Å². The molecule has 0 atom stereocenters. The van der Waals surface area contributed by atoms with Gasteiger partial charge in [-0.25, -0.2) is 0 Å². The van der Waals surface area contributed by atoms with E-state index >= 15 is 0 Å². The van der Waals surface area contributed by atoms with Gasteiger partial charge in [0.1, 0.15) is 0 Å². The maximum Gasteiger partial charge on any atom is 0.265 e. The van der Waals surface area contributed by atoms with Crippen LogP contribution >= 0.6 is 24.2 Å². The number of halogens is 1. The Morgan fingerprint density at radius 3 is 2.39 bits per heavy atom. The number of aromatic hydroxyl groups is 1. The van der Waals surface area contributed by atoms with Crippen LogP contribution in [0.2, 0.25) is 0 Å². The number of benzene rings is 1. The van der Waals surface area contributed by atoms with E-state index in [1.807, 2.05) is 30.3 Å². The highest BCUT2D eigenvalue weighted by Gasteiger charge is 2.17. The lowest BCUT2D eigenvalue weighted by Crippen LogP contribution is -2.27. The van der Waals surface area contributed by atoms with Gasteiger partial charge >= 0.3 is 0 Å². The van der Waals surface area contributed by atoms with Crippen LogP contribution in [-0.2, 0) is 6.42 Å². The number of hydrogen-bond donors (Lipinski definition) is 1. The molecule has 0 saturated carbocycles. The molecule has 156 valence electrons. The van der Waals surface area contributed by atoms with Gasteiger partial charge in [-0.15, -0.1) is 12.4 Å². The van der Waals surface area contributed by atoms with Crippen LogP contribution in [0.4, 0.5) is 0 Å². The lowest BCUT2D eigenvalue weighted by Gasteiger charge is -2.18. The molecule has 0 saturated heterocycles. The minimum absolute atomic E-state index is 0. The van der Waals surface area contributed by atoms with Gasteiger partial charge in [-0.3, -0.25) is 9.36 Å². The third-order valence-corrected chi connectivity index (χ3v) is 5.62. The first-order valence-corrected chi connectivity index (χ1v) is 10.9. The van der Waals surface area contributed by atoms with Crippen LogP contribution in [0.3, 0.4) is 0 Å². The van der Waals surface area contributed by atoms with Crippen LogP contribution < -0.4 is 5.56 Å². The third-order valence-electron chi connectivity index (χ3n) is 4.70. The number of nitrogens with zero attached hydrogens (tertiary/aromatic N) is 3. The summed E-state index contributed by atoms with van der Waals surface area (Å²) in [5, 5.41) is 10.9. The molecule has 0 aliphatic rings. The van der Waals surface area contributed by atoms with Crippen molar-refractivity contribution in [1.29, 1.82) is 0 Å². The highest BCUT2D eigenvalue weighted by molar-refractivity contribution is 7.99. The molecule has 0 unspecified atom stereocenters. The maximum absolute atomic E-state index is 13.2. The van der Waals surface area contributed by atoms with Crippen LogP contribution in [0, 0.1) is 0 Å². The zero-order valence-corrected chi connectivity index (χ0v) is 18.7. The molecule has 0 fully saturated rings. The van der Waals surface area contributed by atoms with Gasteiger partial charge < -0.3 is 10.0 Å². The van der Waals surface area contributed by atoms with E-state index in [1.165, 1.54) is 11.8 Å². The van der Waals surface area contributed by atoms with Crippen LogP contribution in [-0.4, -0.2) is 44.9 Å². The predicted molar refractivity (Wildman–Crippen MR) is 120 cm³/mol. The van der Waals surface area contributed by atoms with E-state index in [0.717, 1.165) is 50.3 Å². The number of thioether (sulfide) groups is 1. The minimum atomic E-state index is -0.157. The van der Waals surface area contributed by atoms with Crippen molar-refractivity contribution in [3.63, 3.8) is 0 Å². The number of hydrogen-bond acceptors (Lipinski definition) is 5. The molecule has 0 aliphatic heterocycles. The normalized spacial score (nSPS) is 10.9. The van der Waals surface area contributed by atoms with E-state index < -0.39 is 0 Å². The quantitative estimate of drug-likeness (QED) is 0.325. The van der Waals surface area contributed by atoms with Gasteiger partial charge in [-0.2, -0.15) is 4.98 Å². The molecule has 0 aliphatic carbocycles. The Kier molecular flexibility index (Phi) is 11.3. The predicted octanol–water partition coefficient (Wildman–Crippen LogP) is 4.53. The summed E-state index contributed by atoms with van der Waals surface area (Å²) in [6.07, 6.45) is 3.54. The molecule has 0 radical (unpaired) electrons. The standard InChI is InChI=1S/C21H31N3O2S.ClH/c1-4-7-9-14-18-19(25)22-21(27-16-15-23(5-2)6-3)24(20(18)26)17-12-10-8-11-13-17;/h8,10-13,25H,4-7,9,14-16H2,1-3H3;1H. The largest absolute Gasteiger partial charge is 0.493 e. The highest BCUT2D eigenvalue weighted by atomic mass is 35.5. The molecule has 1 heterocycles. The van der Waals surface area contributed by atoms with Crippen molar-refractivity contribution in [3.8, 4) is 11.6 Å². The summed E-state index contributed by atoms with van der Waals surface area (Å²) >= 11 is 1.52. The van der Waals surface area contributed by atoms with Gasteiger partial charge in [0.2, 0.25) is 5.88 Å². The summed E-state index contributed by atoms with van der Waals surface area (Å²) in [4.78, 5) is 19.9. The Balaban J connectivity index is 0.00000392. The topological polar surface area (TPSA) is 58.4 Å².